The number of thiazole rings is 1. The highest BCUT2D eigenvalue weighted by atomic mass is 32.1. The number of fused-ring (bicyclic) bond motifs is 1. The Hall–Kier alpha value is -2.34. The van der Waals surface area contributed by atoms with Crippen LogP contribution in [0.5, 0.6) is 0 Å². The lowest BCUT2D eigenvalue weighted by atomic mass is 10.1. The van der Waals surface area contributed by atoms with Crippen LogP contribution >= 0.6 is 11.3 Å². The number of rotatable bonds is 6. The summed E-state index contributed by atoms with van der Waals surface area (Å²) < 4.78 is 0. The number of aliphatic imine (C=N–C) groups is 1. The molecule has 0 unspecified atom stereocenters. The van der Waals surface area contributed by atoms with Gasteiger partial charge in [0.1, 0.15) is 0 Å². The Bertz CT molecular complexity index is 893. The normalized spacial score (nSPS) is 11.9. The Balaban J connectivity index is 1.68. The SMILES string of the molecule is CCNC(=NCCc1c[nH]c2cccc(C)c12)N(C)Cc1csc(C)n1. The molecular weight excluding hydrogens is 342 g/mol. The van der Waals surface area contributed by atoms with Gasteiger partial charge in [0, 0.05) is 42.6 Å². The van der Waals surface area contributed by atoms with Crippen LogP contribution in [-0.4, -0.2) is 41.0 Å². The van der Waals surface area contributed by atoms with Crippen LogP contribution in [0.3, 0.4) is 0 Å². The molecule has 0 bridgehead atoms. The highest BCUT2D eigenvalue weighted by molar-refractivity contribution is 7.09. The minimum Gasteiger partial charge on any atom is -0.361 e. The van der Waals surface area contributed by atoms with Crippen molar-refractivity contribution in [2.75, 3.05) is 20.1 Å². The number of aromatic nitrogens is 2. The highest BCUT2D eigenvalue weighted by Gasteiger charge is 2.09. The van der Waals surface area contributed by atoms with E-state index in [4.69, 9.17) is 4.99 Å². The first-order valence-corrected chi connectivity index (χ1v) is 9.92. The molecule has 2 N–H and O–H groups in total. The second kappa shape index (κ2) is 8.36. The highest BCUT2D eigenvalue weighted by Crippen LogP contribution is 2.22. The van der Waals surface area contributed by atoms with E-state index in [2.05, 4.69) is 70.9 Å². The molecule has 2 aromatic heterocycles. The van der Waals surface area contributed by atoms with Gasteiger partial charge in [-0.3, -0.25) is 4.99 Å². The Kier molecular flexibility index (Phi) is 5.93. The molecule has 0 saturated carbocycles. The van der Waals surface area contributed by atoms with Crippen LogP contribution in [0.1, 0.15) is 28.8 Å². The van der Waals surface area contributed by atoms with Crippen LogP contribution in [-0.2, 0) is 13.0 Å². The zero-order valence-electron chi connectivity index (χ0n) is 16.0. The van der Waals surface area contributed by atoms with Gasteiger partial charge in [0.2, 0.25) is 0 Å². The number of hydrogen-bond donors (Lipinski definition) is 2. The molecule has 138 valence electrons. The van der Waals surface area contributed by atoms with E-state index in [1.807, 2.05) is 6.92 Å². The molecule has 0 saturated heterocycles. The maximum absolute atomic E-state index is 4.82. The molecule has 0 aliphatic heterocycles. The van der Waals surface area contributed by atoms with E-state index in [1.165, 1.54) is 22.0 Å². The van der Waals surface area contributed by atoms with Crippen LogP contribution in [0.4, 0.5) is 0 Å². The van der Waals surface area contributed by atoms with Crippen LogP contribution < -0.4 is 5.32 Å². The quantitative estimate of drug-likeness (QED) is 0.512. The molecule has 0 radical (unpaired) electrons. The molecule has 0 fully saturated rings. The summed E-state index contributed by atoms with van der Waals surface area (Å²) in [5.41, 5.74) is 4.93. The lowest BCUT2D eigenvalue weighted by Gasteiger charge is -2.21. The van der Waals surface area contributed by atoms with Gasteiger partial charge in [-0.05, 0) is 44.4 Å². The predicted octanol–water partition coefficient (Wildman–Crippen LogP) is 3.88. The standard InChI is InChI=1S/C20H27N5S/c1-5-21-20(25(4)12-17-13-26-15(3)24-17)22-10-9-16-11-23-18-8-6-7-14(2)19(16)18/h6-8,11,13,23H,5,9-10,12H2,1-4H3,(H,21,22). The van der Waals surface area contributed by atoms with Gasteiger partial charge in [-0.2, -0.15) is 0 Å². The number of nitrogens with zero attached hydrogens (tertiary/aromatic N) is 3. The third kappa shape index (κ3) is 4.25. The summed E-state index contributed by atoms with van der Waals surface area (Å²) in [5.74, 6) is 0.926. The second-order valence-electron chi connectivity index (χ2n) is 6.51. The van der Waals surface area contributed by atoms with Crippen molar-refractivity contribution in [3.05, 3.63) is 51.6 Å². The van der Waals surface area contributed by atoms with Crippen LogP contribution in [0.2, 0.25) is 0 Å². The molecule has 2 heterocycles. The van der Waals surface area contributed by atoms with Gasteiger partial charge >= 0.3 is 0 Å². The first-order valence-electron chi connectivity index (χ1n) is 9.04. The van der Waals surface area contributed by atoms with Gasteiger partial charge in [-0.25, -0.2) is 4.98 Å². The van der Waals surface area contributed by atoms with E-state index < -0.39 is 0 Å². The Morgan fingerprint density at radius 1 is 1.35 bits per heavy atom. The van der Waals surface area contributed by atoms with E-state index in [1.54, 1.807) is 11.3 Å². The van der Waals surface area contributed by atoms with E-state index in [-0.39, 0.29) is 0 Å². The monoisotopic (exact) mass is 369 g/mol. The third-order valence-electron chi connectivity index (χ3n) is 4.40. The summed E-state index contributed by atoms with van der Waals surface area (Å²) in [6.45, 7) is 8.67. The molecule has 0 aliphatic rings. The summed E-state index contributed by atoms with van der Waals surface area (Å²) in [7, 11) is 2.06. The van der Waals surface area contributed by atoms with Crippen molar-refractivity contribution in [3.63, 3.8) is 0 Å². The van der Waals surface area contributed by atoms with Crippen LogP contribution in [0.25, 0.3) is 10.9 Å². The Morgan fingerprint density at radius 3 is 2.92 bits per heavy atom. The first kappa shape index (κ1) is 18.5. The minimum atomic E-state index is 0.754. The summed E-state index contributed by atoms with van der Waals surface area (Å²) in [5, 5.41) is 7.93. The van der Waals surface area contributed by atoms with E-state index in [0.29, 0.717) is 0 Å². The molecule has 3 rings (SSSR count). The van der Waals surface area contributed by atoms with E-state index in [9.17, 15) is 0 Å². The maximum Gasteiger partial charge on any atom is 0.194 e. The molecule has 3 aromatic rings. The topological polar surface area (TPSA) is 56.3 Å². The lowest BCUT2D eigenvalue weighted by molar-refractivity contribution is 0.471. The molecule has 6 heteroatoms. The first-order chi connectivity index (χ1) is 12.6. The molecule has 26 heavy (non-hydrogen) atoms. The van der Waals surface area contributed by atoms with Crippen molar-refractivity contribution in [2.24, 2.45) is 4.99 Å². The van der Waals surface area contributed by atoms with Crippen molar-refractivity contribution in [3.8, 4) is 0 Å². The minimum absolute atomic E-state index is 0.754. The van der Waals surface area contributed by atoms with Gasteiger partial charge in [0.05, 0.1) is 17.2 Å². The smallest absolute Gasteiger partial charge is 0.194 e. The number of guanidine groups is 1. The fraction of sp³-hybridized carbons (Fsp3) is 0.400. The second-order valence-corrected chi connectivity index (χ2v) is 7.57. The third-order valence-corrected chi connectivity index (χ3v) is 5.22. The van der Waals surface area contributed by atoms with E-state index in [0.717, 1.165) is 42.7 Å². The predicted molar refractivity (Wildman–Crippen MR) is 111 cm³/mol. The van der Waals surface area contributed by atoms with Gasteiger partial charge in [0.15, 0.2) is 5.96 Å². The number of H-pyrrole nitrogens is 1. The van der Waals surface area contributed by atoms with Gasteiger partial charge in [-0.15, -0.1) is 11.3 Å². The molecule has 0 spiro atoms. The number of aryl methyl sites for hydroxylation is 2. The average molecular weight is 370 g/mol. The van der Waals surface area contributed by atoms with Crippen LogP contribution in [0, 0.1) is 13.8 Å². The van der Waals surface area contributed by atoms with Crippen LogP contribution in [0.15, 0.2) is 34.8 Å². The Morgan fingerprint density at radius 2 is 2.19 bits per heavy atom. The largest absolute Gasteiger partial charge is 0.361 e. The maximum atomic E-state index is 4.82. The van der Waals surface area contributed by atoms with E-state index >= 15 is 0 Å². The molecular formula is C20H27N5S. The fourth-order valence-corrected chi connectivity index (χ4v) is 3.80. The molecule has 0 amide bonds. The van der Waals surface area contributed by atoms with Crippen molar-refractivity contribution in [2.45, 2.75) is 33.7 Å². The summed E-state index contributed by atoms with van der Waals surface area (Å²) in [4.78, 5) is 14.9. The zero-order chi connectivity index (χ0) is 18.5. The number of benzene rings is 1. The van der Waals surface area contributed by atoms with Gasteiger partial charge in [0.25, 0.3) is 0 Å². The summed E-state index contributed by atoms with van der Waals surface area (Å²) in [6.07, 6.45) is 3.03. The summed E-state index contributed by atoms with van der Waals surface area (Å²) in [6, 6.07) is 6.38. The number of aromatic amines is 1. The zero-order valence-corrected chi connectivity index (χ0v) is 16.8. The summed E-state index contributed by atoms with van der Waals surface area (Å²) >= 11 is 1.69. The molecule has 0 atom stereocenters. The van der Waals surface area contributed by atoms with Gasteiger partial charge < -0.3 is 15.2 Å². The molecule has 1 aromatic carbocycles. The van der Waals surface area contributed by atoms with Crippen molar-refractivity contribution in [1.82, 2.24) is 20.2 Å². The molecule has 5 nitrogen and oxygen atoms in total. The van der Waals surface area contributed by atoms with Crippen molar-refractivity contribution < 1.29 is 0 Å². The Labute approximate surface area is 159 Å². The number of nitrogens with one attached hydrogen (secondary N) is 2. The average Bonchev–Trinajstić information content (AvgIpc) is 3.21. The van der Waals surface area contributed by atoms with Gasteiger partial charge in [-0.1, -0.05) is 12.1 Å². The number of hydrogen-bond acceptors (Lipinski definition) is 3. The fourth-order valence-electron chi connectivity index (χ4n) is 3.20. The van der Waals surface area contributed by atoms with Crippen molar-refractivity contribution in [1.29, 1.82) is 0 Å². The molecule has 0 aliphatic carbocycles. The van der Waals surface area contributed by atoms with Crippen molar-refractivity contribution >= 4 is 28.2 Å². The lowest BCUT2D eigenvalue weighted by Crippen LogP contribution is -2.38.